The van der Waals surface area contributed by atoms with Crippen LogP contribution in [0.1, 0.15) is 31.6 Å². The second-order valence-corrected chi connectivity index (χ2v) is 9.84. The van der Waals surface area contributed by atoms with E-state index < -0.39 is 0 Å². The van der Waals surface area contributed by atoms with Crippen molar-refractivity contribution in [2.24, 2.45) is 0 Å². The van der Waals surface area contributed by atoms with E-state index in [0.717, 1.165) is 11.3 Å². The molecule has 2 amide bonds. The third-order valence-corrected chi connectivity index (χ3v) is 7.24. The van der Waals surface area contributed by atoms with Crippen LogP contribution in [0.5, 0.6) is 0 Å². The summed E-state index contributed by atoms with van der Waals surface area (Å²) in [6.45, 7) is 4.61. The lowest BCUT2D eigenvalue weighted by atomic mass is 10.2. The highest BCUT2D eigenvalue weighted by Crippen LogP contribution is 2.21. The molecule has 4 rings (SSSR count). The first-order valence-electron chi connectivity index (χ1n) is 11.1. The van der Waals surface area contributed by atoms with Crippen LogP contribution in [0.3, 0.4) is 0 Å². The average Bonchev–Trinajstić information content (AvgIpc) is 3.51. The number of amides is 2. The first-order valence-corrected chi connectivity index (χ1v) is 12.9. The van der Waals surface area contributed by atoms with Gasteiger partial charge in [-0.1, -0.05) is 36.9 Å². The number of nitrogens with one attached hydrogen (secondary N) is 2. The minimum atomic E-state index is -0.225. The van der Waals surface area contributed by atoms with E-state index in [-0.39, 0.29) is 42.1 Å². The van der Waals surface area contributed by atoms with Gasteiger partial charge in [-0.3, -0.25) is 23.4 Å². The van der Waals surface area contributed by atoms with E-state index in [9.17, 15) is 14.4 Å². The van der Waals surface area contributed by atoms with Crippen molar-refractivity contribution < 1.29 is 9.59 Å². The molecule has 1 unspecified atom stereocenters. The van der Waals surface area contributed by atoms with E-state index in [1.165, 1.54) is 16.3 Å². The van der Waals surface area contributed by atoms with Crippen molar-refractivity contribution in [1.29, 1.82) is 0 Å². The van der Waals surface area contributed by atoms with Crippen molar-refractivity contribution in [3.8, 4) is 0 Å². The van der Waals surface area contributed by atoms with Crippen LogP contribution < -0.4 is 16.2 Å². The molecule has 0 radical (unpaired) electrons. The maximum absolute atomic E-state index is 13.2. The summed E-state index contributed by atoms with van der Waals surface area (Å²) in [5.74, 6) is 0.275. The third-order valence-electron chi connectivity index (χ3n) is 5.43. The number of benzene rings is 1. The highest BCUT2D eigenvalue weighted by Gasteiger charge is 2.18. The molecule has 11 heteroatoms. The van der Waals surface area contributed by atoms with Crippen molar-refractivity contribution in [2.75, 3.05) is 5.75 Å². The zero-order valence-electron chi connectivity index (χ0n) is 19.0. The van der Waals surface area contributed by atoms with Gasteiger partial charge in [0.05, 0.1) is 23.2 Å². The van der Waals surface area contributed by atoms with Crippen molar-refractivity contribution in [2.45, 2.75) is 51.0 Å². The number of fused-ring (bicyclic) bond motifs is 3. The number of thioether (sulfide) groups is 1. The lowest BCUT2D eigenvalue weighted by Crippen LogP contribution is -2.33. The largest absolute Gasteiger partial charge is 0.354 e. The van der Waals surface area contributed by atoms with Gasteiger partial charge in [0.15, 0.2) is 5.16 Å². The Balaban J connectivity index is 1.57. The fourth-order valence-electron chi connectivity index (χ4n) is 3.47. The van der Waals surface area contributed by atoms with E-state index in [1.54, 1.807) is 27.9 Å². The average molecular weight is 499 g/mol. The van der Waals surface area contributed by atoms with Crippen LogP contribution in [0.2, 0.25) is 0 Å². The van der Waals surface area contributed by atoms with Crippen LogP contribution in [0, 0.1) is 0 Å². The molecule has 2 N–H and O–H groups in total. The summed E-state index contributed by atoms with van der Waals surface area (Å²) in [6.07, 6.45) is 0.982. The van der Waals surface area contributed by atoms with E-state index in [0.29, 0.717) is 28.4 Å². The normalized spacial score (nSPS) is 12.2. The van der Waals surface area contributed by atoms with E-state index in [1.807, 2.05) is 43.5 Å². The summed E-state index contributed by atoms with van der Waals surface area (Å²) in [4.78, 5) is 38.9. The topological polar surface area (TPSA) is 110 Å². The van der Waals surface area contributed by atoms with Gasteiger partial charge in [-0.2, -0.15) is 0 Å². The number of hydrogen-bond acceptors (Lipinski definition) is 7. The molecule has 0 aliphatic rings. The number of para-hydroxylation sites is 1. The molecule has 0 spiro atoms. The Kier molecular flexibility index (Phi) is 7.63. The van der Waals surface area contributed by atoms with Crippen molar-refractivity contribution in [1.82, 2.24) is 29.8 Å². The molecular weight excluding hydrogens is 472 g/mol. The molecule has 0 saturated carbocycles. The molecule has 0 saturated heterocycles. The molecule has 3 heterocycles. The molecule has 0 aliphatic heterocycles. The quantitative estimate of drug-likeness (QED) is 0.325. The zero-order chi connectivity index (χ0) is 24.1. The molecule has 0 aliphatic carbocycles. The van der Waals surface area contributed by atoms with Gasteiger partial charge < -0.3 is 10.6 Å². The number of carbonyl (C=O) groups is 2. The fraction of sp³-hybridized carbons (Fsp3) is 0.348. The molecule has 0 fully saturated rings. The third kappa shape index (κ3) is 5.31. The molecule has 3 aromatic heterocycles. The Morgan fingerprint density at radius 2 is 1.97 bits per heavy atom. The summed E-state index contributed by atoms with van der Waals surface area (Å²) >= 11 is 2.84. The van der Waals surface area contributed by atoms with Gasteiger partial charge in [0.1, 0.15) is 0 Å². The van der Waals surface area contributed by atoms with E-state index >= 15 is 0 Å². The molecule has 178 valence electrons. The summed E-state index contributed by atoms with van der Waals surface area (Å²) in [6, 6.07) is 11.2. The van der Waals surface area contributed by atoms with Gasteiger partial charge in [0, 0.05) is 23.9 Å². The van der Waals surface area contributed by atoms with Gasteiger partial charge in [-0.05, 0) is 36.9 Å². The van der Waals surface area contributed by atoms with E-state index in [4.69, 9.17) is 0 Å². The summed E-state index contributed by atoms with van der Waals surface area (Å²) in [5.41, 5.74) is 0.436. The Labute approximate surface area is 204 Å². The Bertz CT molecular complexity index is 1360. The molecular formula is C23H26N6O3S2. The fourth-order valence-corrected chi connectivity index (χ4v) is 4.89. The van der Waals surface area contributed by atoms with Crippen LogP contribution >= 0.6 is 23.1 Å². The highest BCUT2D eigenvalue weighted by atomic mass is 32.2. The van der Waals surface area contributed by atoms with Crippen molar-refractivity contribution in [3.63, 3.8) is 0 Å². The minimum Gasteiger partial charge on any atom is -0.354 e. The number of carbonyl (C=O) groups excluding carboxylic acids is 2. The predicted octanol–water partition coefficient (Wildman–Crippen LogP) is 2.82. The maximum Gasteiger partial charge on any atom is 0.262 e. The smallest absolute Gasteiger partial charge is 0.262 e. The molecule has 0 bridgehead atoms. The molecule has 1 atom stereocenters. The van der Waals surface area contributed by atoms with Gasteiger partial charge in [-0.15, -0.1) is 21.5 Å². The van der Waals surface area contributed by atoms with Gasteiger partial charge >= 0.3 is 0 Å². The van der Waals surface area contributed by atoms with Crippen LogP contribution in [0.15, 0.2) is 51.7 Å². The van der Waals surface area contributed by atoms with Crippen LogP contribution in [0.4, 0.5) is 0 Å². The second kappa shape index (κ2) is 10.8. The summed E-state index contributed by atoms with van der Waals surface area (Å²) in [7, 11) is 0. The van der Waals surface area contributed by atoms with Gasteiger partial charge in [0.25, 0.3) is 5.56 Å². The second-order valence-electron chi connectivity index (χ2n) is 7.86. The maximum atomic E-state index is 13.2. The molecule has 1 aromatic carbocycles. The first kappa shape index (κ1) is 24.0. The molecule has 9 nitrogen and oxygen atoms in total. The van der Waals surface area contributed by atoms with Gasteiger partial charge in [0.2, 0.25) is 17.6 Å². The van der Waals surface area contributed by atoms with Crippen LogP contribution in [0.25, 0.3) is 16.7 Å². The summed E-state index contributed by atoms with van der Waals surface area (Å²) < 4.78 is 3.26. The Morgan fingerprint density at radius 3 is 2.74 bits per heavy atom. The Morgan fingerprint density at radius 1 is 1.15 bits per heavy atom. The van der Waals surface area contributed by atoms with Gasteiger partial charge in [-0.25, -0.2) is 0 Å². The molecule has 4 aromatic rings. The number of hydrogen-bond donors (Lipinski definition) is 2. The zero-order valence-corrected chi connectivity index (χ0v) is 20.6. The summed E-state index contributed by atoms with van der Waals surface area (Å²) in [5, 5.41) is 17.3. The van der Waals surface area contributed by atoms with Crippen molar-refractivity contribution in [3.05, 3.63) is 57.0 Å². The van der Waals surface area contributed by atoms with Crippen molar-refractivity contribution >= 4 is 51.6 Å². The Hall–Kier alpha value is -3.18. The van der Waals surface area contributed by atoms with Crippen LogP contribution in [-0.4, -0.2) is 42.8 Å². The van der Waals surface area contributed by atoms with Crippen LogP contribution in [-0.2, 0) is 22.7 Å². The number of aryl methyl sites for hydroxylation is 1. The number of nitrogens with zero attached hydrogens (tertiary/aromatic N) is 4. The standard InChI is InChI=1S/C23H26N6O3S2/c1-3-15(2)25-19(30)10-11-28-21(32)17-8-4-5-9-18(17)29-22(28)26-27-23(29)34-14-20(31)24-13-16-7-6-12-33-16/h4-9,12,15H,3,10-11,13-14H2,1-2H3,(H,24,31)(H,25,30). The highest BCUT2D eigenvalue weighted by molar-refractivity contribution is 7.99. The number of aromatic nitrogens is 4. The monoisotopic (exact) mass is 498 g/mol. The first-order chi connectivity index (χ1) is 16.5. The molecule has 34 heavy (non-hydrogen) atoms. The lowest BCUT2D eigenvalue weighted by Gasteiger charge is -2.13. The number of rotatable bonds is 10. The SMILES string of the molecule is CCC(C)NC(=O)CCn1c(=O)c2ccccc2n2c(SCC(=O)NCc3cccs3)nnc12. The lowest BCUT2D eigenvalue weighted by molar-refractivity contribution is -0.122. The number of thiophene rings is 1. The predicted molar refractivity (Wildman–Crippen MR) is 134 cm³/mol. The minimum absolute atomic E-state index is 0.0721. The van der Waals surface area contributed by atoms with E-state index in [2.05, 4.69) is 20.8 Å².